The van der Waals surface area contributed by atoms with Gasteiger partial charge in [-0.25, -0.2) is 4.98 Å². The quantitative estimate of drug-likeness (QED) is 0.630. The molecule has 0 saturated heterocycles. The van der Waals surface area contributed by atoms with E-state index in [4.69, 9.17) is 5.73 Å². The molecule has 1 atom stereocenters. The van der Waals surface area contributed by atoms with E-state index in [-0.39, 0.29) is 5.91 Å². The normalized spacial score (nSPS) is 13.2. The van der Waals surface area contributed by atoms with Gasteiger partial charge in [-0.1, -0.05) is 30.3 Å². The first-order valence-electron chi connectivity index (χ1n) is 8.55. The molecule has 3 rings (SSSR count). The molecule has 0 aliphatic rings. The van der Waals surface area contributed by atoms with Crippen LogP contribution in [0.5, 0.6) is 0 Å². The lowest BCUT2D eigenvalue weighted by Crippen LogP contribution is -2.49. The molecule has 0 aliphatic carbocycles. The standard InChI is InChI=1S/C20H22N4OS/c1-20(21,16-6-3-2-4-7-16)19(25)23-11-5-8-18-24-17(14-26-18)15-9-12-22-13-10-15/h2-4,6-7,9-10,12-14H,5,8,11,21H2,1H3,(H,23,25). The van der Waals surface area contributed by atoms with Gasteiger partial charge >= 0.3 is 0 Å². The summed E-state index contributed by atoms with van der Waals surface area (Å²) < 4.78 is 0. The minimum atomic E-state index is -1.03. The van der Waals surface area contributed by atoms with E-state index in [1.54, 1.807) is 30.7 Å². The van der Waals surface area contributed by atoms with Crippen LogP contribution < -0.4 is 11.1 Å². The first kappa shape index (κ1) is 18.2. The third-order valence-corrected chi connectivity index (χ3v) is 5.13. The highest BCUT2D eigenvalue weighted by Gasteiger charge is 2.29. The molecule has 3 N–H and O–H groups in total. The molecule has 0 fully saturated rings. The van der Waals surface area contributed by atoms with E-state index < -0.39 is 5.54 Å². The summed E-state index contributed by atoms with van der Waals surface area (Å²) in [6, 6.07) is 13.3. The Kier molecular flexibility index (Phi) is 5.75. The number of nitrogens with one attached hydrogen (secondary N) is 1. The lowest BCUT2D eigenvalue weighted by Gasteiger charge is -2.24. The first-order valence-corrected chi connectivity index (χ1v) is 9.43. The SMILES string of the molecule is CC(N)(C(=O)NCCCc1nc(-c2ccncc2)cs1)c1ccccc1. The molecule has 1 aromatic carbocycles. The fourth-order valence-electron chi connectivity index (χ4n) is 2.62. The molecule has 0 bridgehead atoms. The van der Waals surface area contributed by atoms with Crippen LogP contribution in [-0.2, 0) is 16.8 Å². The zero-order chi connectivity index (χ0) is 18.4. The van der Waals surface area contributed by atoms with E-state index in [1.807, 2.05) is 42.5 Å². The molecular weight excluding hydrogens is 344 g/mol. The van der Waals surface area contributed by atoms with Crippen molar-refractivity contribution in [3.8, 4) is 11.3 Å². The van der Waals surface area contributed by atoms with Gasteiger partial charge in [0.2, 0.25) is 5.91 Å². The molecule has 1 amide bonds. The van der Waals surface area contributed by atoms with Gasteiger partial charge in [0.1, 0.15) is 5.54 Å². The largest absolute Gasteiger partial charge is 0.354 e. The summed E-state index contributed by atoms with van der Waals surface area (Å²) >= 11 is 1.64. The zero-order valence-electron chi connectivity index (χ0n) is 14.7. The molecule has 0 aliphatic heterocycles. The van der Waals surface area contributed by atoms with Crippen molar-refractivity contribution in [3.63, 3.8) is 0 Å². The van der Waals surface area contributed by atoms with Crippen molar-refractivity contribution in [1.82, 2.24) is 15.3 Å². The Balaban J connectivity index is 1.49. The molecule has 0 saturated carbocycles. The van der Waals surface area contributed by atoms with E-state index in [0.29, 0.717) is 6.54 Å². The maximum atomic E-state index is 12.4. The number of benzene rings is 1. The third-order valence-electron chi connectivity index (χ3n) is 4.23. The Morgan fingerprint density at radius 3 is 2.65 bits per heavy atom. The minimum Gasteiger partial charge on any atom is -0.354 e. The second-order valence-corrected chi connectivity index (χ2v) is 7.23. The number of nitrogens with two attached hydrogens (primary N) is 1. The van der Waals surface area contributed by atoms with Crippen LogP contribution >= 0.6 is 11.3 Å². The van der Waals surface area contributed by atoms with E-state index >= 15 is 0 Å². The Labute approximate surface area is 157 Å². The molecule has 26 heavy (non-hydrogen) atoms. The van der Waals surface area contributed by atoms with Crippen molar-refractivity contribution >= 4 is 17.2 Å². The number of amides is 1. The third kappa shape index (κ3) is 4.33. The van der Waals surface area contributed by atoms with Crippen molar-refractivity contribution in [2.45, 2.75) is 25.3 Å². The van der Waals surface area contributed by atoms with E-state index in [0.717, 1.165) is 34.7 Å². The van der Waals surface area contributed by atoms with Crippen LogP contribution in [0.3, 0.4) is 0 Å². The maximum absolute atomic E-state index is 12.4. The molecule has 1 unspecified atom stereocenters. The number of rotatable bonds is 7. The summed E-state index contributed by atoms with van der Waals surface area (Å²) in [5.41, 5.74) is 8.02. The monoisotopic (exact) mass is 366 g/mol. The van der Waals surface area contributed by atoms with Crippen molar-refractivity contribution in [2.24, 2.45) is 5.73 Å². The Morgan fingerprint density at radius 2 is 1.92 bits per heavy atom. The number of pyridine rings is 1. The Morgan fingerprint density at radius 1 is 1.19 bits per heavy atom. The van der Waals surface area contributed by atoms with Gasteiger partial charge in [-0.2, -0.15) is 0 Å². The topological polar surface area (TPSA) is 80.9 Å². The van der Waals surface area contributed by atoms with Gasteiger partial charge in [0.25, 0.3) is 0 Å². The fourth-order valence-corrected chi connectivity index (χ4v) is 3.47. The summed E-state index contributed by atoms with van der Waals surface area (Å²) in [5, 5.41) is 6.05. The molecule has 6 heteroatoms. The lowest BCUT2D eigenvalue weighted by molar-refractivity contribution is -0.126. The van der Waals surface area contributed by atoms with Crippen LogP contribution in [0.2, 0.25) is 0 Å². The predicted octanol–water partition coefficient (Wildman–Crippen LogP) is 3.13. The molecule has 0 spiro atoms. The number of carbonyl (C=O) groups excluding carboxylic acids is 1. The van der Waals surface area contributed by atoms with Gasteiger partial charge in [0, 0.05) is 36.3 Å². The van der Waals surface area contributed by atoms with E-state index in [2.05, 4.69) is 20.7 Å². The average Bonchev–Trinajstić information content (AvgIpc) is 3.15. The first-order chi connectivity index (χ1) is 12.6. The summed E-state index contributed by atoms with van der Waals surface area (Å²) in [5.74, 6) is -0.166. The summed E-state index contributed by atoms with van der Waals surface area (Å²) in [7, 11) is 0. The van der Waals surface area contributed by atoms with Crippen molar-refractivity contribution in [2.75, 3.05) is 6.54 Å². The van der Waals surface area contributed by atoms with E-state index in [9.17, 15) is 4.79 Å². The second-order valence-electron chi connectivity index (χ2n) is 6.29. The average molecular weight is 366 g/mol. The molecule has 134 valence electrons. The highest BCUT2D eigenvalue weighted by molar-refractivity contribution is 7.09. The van der Waals surface area contributed by atoms with Crippen LogP contribution in [0.4, 0.5) is 0 Å². The van der Waals surface area contributed by atoms with Crippen LogP contribution in [-0.4, -0.2) is 22.4 Å². The number of thiazole rings is 1. The fraction of sp³-hybridized carbons (Fsp3) is 0.250. The second kappa shape index (κ2) is 8.21. The van der Waals surface area contributed by atoms with Crippen LogP contribution in [0.25, 0.3) is 11.3 Å². The number of hydrogen-bond acceptors (Lipinski definition) is 5. The van der Waals surface area contributed by atoms with Crippen molar-refractivity contribution in [3.05, 3.63) is 70.8 Å². The Bertz CT molecular complexity index is 847. The maximum Gasteiger partial charge on any atom is 0.244 e. The van der Waals surface area contributed by atoms with Gasteiger partial charge in [-0.3, -0.25) is 9.78 Å². The van der Waals surface area contributed by atoms with Crippen molar-refractivity contribution in [1.29, 1.82) is 0 Å². The van der Waals surface area contributed by atoms with Gasteiger partial charge in [-0.05, 0) is 31.0 Å². The molecule has 0 radical (unpaired) electrons. The highest BCUT2D eigenvalue weighted by atomic mass is 32.1. The zero-order valence-corrected chi connectivity index (χ0v) is 15.5. The van der Waals surface area contributed by atoms with E-state index in [1.165, 1.54) is 0 Å². The molecule has 3 aromatic rings. The van der Waals surface area contributed by atoms with Crippen LogP contribution in [0, 0.1) is 0 Å². The smallest absolute Gasteiger partial charge is 0.244 e. The number of aryl methyl sites for hydroxylation is 1. The van der Waals surface area contributed by atoms with Gasteiger partial charge in [0.15, 0.2) is 0 Å². The summed E-state index contributed by atoms with van der Waals surface area (Å²) in [6.45, 7) is 2.31. The number of nitrogens with zero attached hydrogens (tertiary/aromatic N) is 2. The van der Waals surface area contributed by atoms with Crippen LogP contribution in [0.1, 0.15) is 23.9 Å². The minimum absolute atomic E-state index is 0.166. The number of aromatic nitrogens is 2. The highest BCUT2D eigenvalue weighted by Crippen LogP contribution is 2.22. The number of hydrogen-bond donors (Lipinski definition) is 2. The summed E-state index contributed by atoms with van der Waals surface area (Å²) in [4.78, 5) is 21.1. The summed E-state index contributed by atoms with van der Waals surface area (Å²) in [6.07, 6.45) is 5.17. The molecule has 5 nitrogen and oxygen atoms in total. The lowest BCUT2D eigenvalue weighted by atomic mass is 9.92. The van der Waals surface area contributed by atoms with Crippen LogP contribution in [0.15, 0.2) is 60.2 Å². The molecule has 2 heterocycles. The predicted molar refractivity (Wildman–Crippen MR) is 105 cm³/mol. The Hall–Kier alpha value is -2.57. The van der Waals surface area contributed by atoms with Crippen molar-refractivity contribution < 1.29 is 4.79 Å². The van der Waals surface area contributed by atoms with Gasteiger partial charge < -0.3 is 11.1 Å². The van der Waals surface area contributed by atoms with Gasteiger partial charge in [-0.15, -0.1) is 11.3 Å². The number of carbonyl (C=O) groups is 1. The molecular formula is C20H22N4OS. The molecule has 2 aromatic heterocycles. The van der Waals surface area contributed by atoms with Gasteiger partial charge in [0.05, 0.1) is 10.7 Å².